The van der Waals surface area contributed by atoms with Crippen molar-refractivity contribution in [3.63, 3.8) is 0 Å². The minimum absolute atomic E-state index is 0.215. The van der Waals surface area contributed by atoms with Crippen LogP contribution >= 0.6 is 11.3 Å². The van der Waals surface area contributed by atoms with Gasteiger partial charge in [-0.3, -0.25) is 9.69 Å². The van der Waals surface area contributed by atoms with Crippen molar-refractivity contribution in [1.82, 2.24) is 15.1 Å². The number of amides is 1. The fourth-order valence-electron chi connectivity index (χ4n) is 3.09. The predicted molar refractivity (Wildman–Crippen MR) is 81.8 cm³/mol. The number of hydrogen-bond donors (Lipinski definition) is 1. The Labute approximate surface area is 124 Å². The molecule has 1 aromatic heterocycles. The molecule has 2 aliphatic rings. The summed E-state index contributed by atoms with van der Waals surface area (Å²) in [5, 5.41) is 7.68. The van der Waals surface area contributed by atoms with E-state index < -0.39 is 0 Å². The van der Waals surface area contributed by atoms with Gasteiger partial charge in [0.05, 0.1) is 5.92 Å². The molecule has 1 aromatic rings. The van der Waals surface area contributed by atoms with Gasteiger partial charge in [0.2, 0.25) is 5.91 Å². The number of thiophene rings is 1. The Morgan fingerprint density at radius 2 is 2.20 bits per heavy atom. The van der Waals surface area contributed by atoms with E-state index in [-0.39, 0.29) is 5.92 Å². The molecule has 2 saturated heterocycles. The van der Waals surface area contributed by atoms with E-state index in [1.807, 2.05) is 0 Å². The van der Waals surface area contributed by atoms with Crippen molar-refractivity contribution < 1.29 is 4.79 Å². The lowest BCUT2D eigenvalue weighted by atomic mass is 9.98. The number of hydrogen-bond acceptors (Lipinski definition) is 4. The molecule has 1 atom stereocenters. The molecule has 4 nitrogen and oxygen atoms in total. The Morgan fingerprint density at radius 3 is 2.85 bits per heavy atom. The molecule has 3 rings (SSSR count). The summed E-state index contributed by atoms with van der Waals surface area (Å²) < 4.78 is 0. The number of carbonyl (C=O) groups excluding carboxylic acids is 1. The molecule has 0 saturated carbocycles. The van der Waals surface area contributed by atoms with Gasteiger partial charge in [-0.05, 0) is 41.8 Å². The minimum atomic E-state index is 0.215. The number of nitrogens with one attached hydrogen (secondary N) is 1. The van der Waals surface area contributed by atoms with Gasteiger partial charge in [0.15, 0.2) is 0 Å². The molecule has 2 fully saturated rings. The Hall–Kier alpha value is -0.910. The van der Waals surface area contributed by atoms with E-state index >= 15 is 0 Å². The zero-order valence-electron chi connectivity index (χ0n) is 11.9. The molecule has 0 aromatic carbocycles. The lowest BCUT2D eigenvalue weighted by Crippen LogP contribution is -2.51. The fraction of sp³-hybridized carbons (Fsp3) is 0.667. The Bertz CT molecular complexity index is 420. The van der Waals surface area contributed by atoms with Crippen LogP contribution < -0.4 is 5.32 Å². The van der Waals surface area contributed by atoms with Gasteiger partial charge in [-0.2, -0.15) is 11.3 Å². The predicted octanol–water partition coefficient (Wildman–Crippen LogP) is 1.39. The number of rotatable bonds is 3. The van der Waals surface area contributed by atoms with E-state index in [9.17, 15) is 4.79 Å². The second-order valence-electron chi connectivity index (χ2n) is 5.78. The number of nitrogens with zero attached hydrogens (tertiary/aromatic N) is 2. The standard InChI is InChI=1S/C15H23N3OS/c19-15(14-2-1-4-16-10-14)18-7-5-17(6-8-18)11-13-3-9-20-12-13/h3,9,12,14,16H,1-2,4-8,10-11H2/t14-/m0/s1. The molecule has 0 aliphatic carbocycles. The third-order valence-corrected chi connectivity index (χ3v) is 5.05. The molecule has 0 bridgehead atoms. The van der Waals surface area contributed by atoms with E-state index in [2.05, 4.69) is 31.9 Å². The fourth-order valence-corrected chi connectivity index (χ4v) is 3.75. The average molecular weight is 293 g/mol. The van der Waals surface area contributed by atoms with Crippen LogP contribution in [0.15, 0.2) is 16.8 Å². The van der Waals surface area contributed by atoms with Crippen molar-refractivity contribution in [2.75, 3.05) is 39.3 Å². The first kappa shape index (κ1) is 14.0. The molecule has 110 valence electrons. The topological polar surface area (TPSA) is 35.6 Å². The van der Waals surface area contributed by atoms with Crippen LogP contribution in [0.2, 0.25) is 0 Å². The van der Waals surface area contributed by atoms with Gasteiger partial charge in [-0.1, -0.05) is 0 Å². The highest BCUT2D eigenvalue weighted by atomic mass is 32.1. The highest BCUT2D eigenvalue weighted by Gasteiger charge is 2.28. The van der Waals surface area contributed by atoms with Gasteiger partial charge >= 0.3 is 0 Å². The van der Waals surface area contributed by atoms with E-state index in [0.717, 1.165) is 58.7 Å². The van der Waals surface area contributed by atoms with Crippen LogP contribution in [0.25, 0.3) is 0 Å². The smallest absolute Gasteiger partial charge is 0.227 e. The molecular formula is C15H23N3OS. The molecule has 0 radical (unpaired) electrons. The third-order valence-electron chi connectivity index (χ3n) is 4.32. The Balaban J connectivity index is 1.46. The third kappa shape index (κ3) is 3.40. The van der Waals surface area contributed by atoms with Gasteiger partial charge in [0, 0.05) is 39.3 Å². The highest BCUT2D eigenvalue weighted by molar-refractivity contribution is 7.07. The van der Waals surface area contributed by atoms with E-state index in [1.54, 1.807) is 11.3 Å². The van der Waals surface area contributed by atoms with Crippen LogP contribution in [0.1, 0.15) is 18.4 Å². The lowest BCUT2D eigenvalue weighted by Gasteiger charge is -2.37. The molecule has 5 heteroatoms. The van der Waals surface area contributed by atoms with Crippen LogP contribution in [0, 0.1) is 5.92 Å². The average Bonchev–Trinajstić information content (AvgIpc) is 3.01. The largest absolute Gasteiger partial charge is 0.340 e. The van der Waals surface area contributed by atoms with Crippen LogP contribution in [-0.4, -0.2) is 55.0 Å². The number of carbonyl (C=O) groups is 1. The Morgan fingerprint density at radius 1 is 1.35 bits per heavy atom. The summed E-state index contributed by atoms with van der Waals surface area (Å²) >= 11 is 1.75. The molecule has 1 amide bonds. The first-order valence-electron chi connectivity index (χ1n) is 7.56. The van der Waals surface area contributed by atoms with Gasteiger partial charge in [-0.25, -0.2) is 0 Å². The maximum absolute atomic E-state index is 12.4. The second-order valence-corrected chi connectivity index (χ2v) is 6.56. The van der Waals surface area contributed by atoms with Crippen molar-refractivity contribution in [2.24, 2.45) is 5.92 Å². The summed E-state index contributed by atoms with van der Waals surface area (Å²) in [6.07, 6.45) is 2.19. The highest BCUT2D eigenvalue weighted by Crippen LogP contribution is 2.16. The van der Waals surface area contributed by atoms with E-state index in [1.165, 1.54) is 5.56 Å². The summed E-state index contributed by atoms with van der Waals surface area (Å²) in [7, 11) is 0. The van der Waals surface area contributed by atoms with Gasteiger partial charge in [-0.15, -0.1) is 0 Å². The van der Waals surface area contributed by atoms with E-state index in [0.29, 0.717) is 5.91 Å². The molecule has 1 N–H and O–H groups in total. The molecular weight excluding hydrogens is 270 g/mol. The van der Waals surface area contributed by atoms with Crippen molar-refractivity contribution in [3.8, 4) is 0 Å². The minimum Gasteiger partial charge on any atom is -0.340 e. The van der Waals surface area contributed by atoms with Crippen molar-refractivity contribution >= 4 is 17.2 Å². The molecule has 20 heavy (non-hydrogen) atoms. The lowest BCUT2D eigenvalue weighted by molar-refractivity contribution is -0.137. The molecule has 3 heterocycles. The zero-order valence-corrected chi connectivity index (χ0v) is 12.7. The van der Waals surface area contributed by atoms with Gasteiger partial charge in [0.25, 0.3) is 0 Å². The summed E-state index contributed by atoms with van der Waals surface area (Å²) in [5.41, 5.74) is 1.39. The van der Waals surface area contributed by atoms with Crippen molar-refractivity contribution in [3.05, 3.63) is 22.4 Å². The van der Waals surface area contributed by atoms with Crippen LogP contribution in [0.3, 0.4) is 0 Å². The van der Waals surface area contributed by atoms with Crippen LogP contribution in [0.5, 0.6) is 0 Å². The number of piperazine rings is 1. The SMILES string of the molecule is O=C([C@H]1CCCNC1)N1CCN(Cc2ccsc2)CC1. The summed E-state index contributed by atoms with van der Waals surface area (Å²) in [4.78, 5) is 17.0. The Kier molecular flexibility index (Phi) is 4.70. The van der Waals surface area contributed by atoms with Crippen molar-refractivity contribution in [2.45, 2.75) is 19.4 Å². The maximum Gasteiger partial charge on any atom is 0.227 e. The first-order chi connectivity index (χ1) is 9.83. The first-order valence-corrected chi connectivity index (χ1v) is 8.50. The quantitative estimate of drug-likeness (QED) is 0.915. The zero-order chi connectivity index (χ0) is 13.8. The number of piperidine rings is 1. The second kappa shape index (κ2) is 6.70. The van der Waals surface area contributed by atoms with Crippen LogP contribution in [-0.2, 0) is 11.3 Å². The summed E-state index contributed by atoms with van der Waals surface area (Å²) in [5.74, 6) is 0.583. The summed E-state index contributed by atoms with van der Waals surface area (Å²) in [6.45, 7) is 6.74. The van der Waals surface area contributed by atoms with Gasteiger partial charge in [0.1, 0.15) is 0 Å². The summed E-state index contributed by atoms with van der Waals surface area (Å²) in [6, 6.07) is 2.19. The monoisotopic (exact) mass is 293 g/mol. The normalized spacial score (nSPS) is 24.8. The van der Waals surface area contributed by atoms with Gasteiger partial charge < -0.3 is 10.2 Å². The molecule has 0 spiro atoms. The maximum atomic E-state index is 12.4. The van der Waals surface area contributed by atoms with Crippen LogP contribution in [0.4, 0.5) is 0 Å². The van der Waals surface area contributed by atoms with Crippen molar-refractivity contribution in [1.29, 1.82) is 0 Å². The van der Waals surface area contributed by atoms with E-state index in [4.69, 9.17) is 0 Å². The molecule has 2 aliphatic heterocycles. The molecule has 0 unspecified atom stereocenters.